The maximum absolute atomic E-state index is 12.3. The average Bonchev–Trinajstić information content (AvgIpc) is 3.04. The first-order valence-corrected chi connectivity index (χ1v) is 8.79. The highest BCUT2D eigenvalue weighted by molar-refractivity contribution is 6.05. The van der Waals surface area contributed by atoms with Crippen LogP contribution in [0.2, 0.25) is 0 Å². The molecule has 2 heterocycles. The summed E-state index contributed by atoms with van der Waals surface area (Å²) >= 11 is 0. The number of nitrogens with zero attached hydrogens (tertiary/aromatic N) is 1. The van der Waals surface area contributed by atoms with Gasteiger partial charge in [-0.1, -0.05) is 36.4 Å². The lowest BCUT2D eigenvalue weighted by molar-refractivity contribution is -0.134. The number of piperazine rings is 1. The molecule has 6 nitrogen and oxygen atoms in total. The molecule has 1 aliphatic rings. The van der Waals surface area contributed by atoms with Gasteiger partial charge in [-0.25, -0.2) is 0 Å². The normalized spacial score (nSPS) is 18.2. The number of amides is 2. The van der Waals surface area contributed by atoms with Gasteiger partial charge < -0.3 is 15.1 Å². The topological polar surface area (TPSA) is 74.6 Å². The van der Waals surface area contributed by atoms with Crippen LogP contribution in [0.25, 0.3) is 21.9 Å². The second kappa shape index (κ2) is 6.80. The summed E-state index contributed by atoms with van der Waals surface area (Å²) in [7, 11) is 1.59. The first-order valence-electron chi connectivity index (χ1n) is 8.79. The highest BCUT2D eigenvalue weighted by Crippen LogP contribution is 2.31. The van der Waals surface area contributed by atoms with Gasteiger partial charge in [-0.2, -0.15) is 0 Å². The summed E-state index contributed by atoms with van der Waals surface area (Å²) in [6.07, 6.45) is 0.151. The fourth-order valence-corrected chi connectivity index (χ4v) is 3.60. The van der Waals surface area contributed by atoms with E-state index in [1.807, 2.05) is 36.4 Å². The number of carbonyl (C=O) groups is 2. The van der Waals surface area contributed by atoms with Gasteiger partial charge in [0.05, 0.1) is 12.5 Å². The van der Waals surface area contributed by atoms with Crippen LogP contribution in [0.5, 0.6) is 0 Å². The predicted octanol–water partition coefficient (Wildman–Crippen LogP) is 2.02. The summed E-state index contributed by atoms with van der Waals surface area (Å²) in [5.41, 5.74) is 2.72. The zero-order valence-corrected chi connectivity index (χ0v) is 14.6. The molecule has 2 amide bonds. The van der Waals surface area contributed by atoms with Crippen LogP contribution in [0.3, 0.4) is 0 Å². The van der Waals surface area contributed by atoms with Gasteiger partial charge in [0.2, 0.25) is 11.8 Å². The minimum atomic E-state index is -0.469. The molecule has 1 saturated heterocycles. The Morgan fingerprint density at radius 3 is 2.88 bits per heavy atom. The summed E-state index contributed by atoms with van der Waals surface area (Å²) in [5.74, 6) is -0.240. The first kappa shape index (κ1) is 16.6. The molecule has 134 valence electrons. The number of furan rings is 1. The van der Waals surface area contributed by atoms with Crippen LogP contribution in [0.15, 0.2) is 46.9 Å². The lowest BCUT2D eigenvalue weighted by Crippen LogP contribution is -2.56. The standard InChI is InChI=1S/C20H21N3O3/c1-21-18(24)11-16-20(25)22-9-10-23(16)12-13-5-4-7-15-14-6-2-3-8-17(14)26-19(13)15/h2-8,16H,9-12H2,1H3,(H,21,24)(H,22,25)/t16-/m0/s1. The minimum absolute atomic E-state index is 0.100. The number of para-hydroxylation sites is 2. The van der Waals surface area contributed by atoms with Gasteiger partial charge >= 0.3 is 0 Å². The van der Waals surface area contributed by atoms with Gasteiger partial charge in [-0.3, -0.25) is 14.5 Å². The summed E-state index contributed by atoms with van der Waals surface area (Å²) < 4.78 is 6.08. The molecule has 0 aliphatic carbocycles. The third kappa shape index (κ3) is 2.93. The van der Waals surface area contributed by atoms with Gasteiger partial charge in [-0.15, -0.1) is 0 Å². The van der Waals surface area contributed by atoms with E-state index in [2.05, 4.69) is 21.6 Å². The van der Waals surface area contributed by atoms with Gasteiger partial charge in [0, 0.05) is 43.0 Å². The monoisotopic (exact) mass is 351 g/mol. The van der Waals surface area contributed by atoms with Crippen molar-refractivity contribution in [2.75, 3.05) is 20.1 Å². The second-order valence-electron chi connectivity index (χ2n) is 6.55. The molecule has 26 heavy (non-hydrogen) atoms. The van der Waals surface area contributed by atoms with Crippen molar-refractivity contribution in [1.82, 2.24) is 15.5 Å². The van der Waals surface area contributed by atoms with Crippen molar-refractivity contribution in [2.24, 2.45) is 0 Å². The number of hydrogen-bond donors (Lipinski definition) is 2. The molecule has 2 aromatic carbocycles. The molecule has 1 fully saturated rings. The zero-order chi connectivity index (χ0) is 18.1. The summed E-state index contributed by atoms with van der Waals surface area (Å²) in [6, 6.07) is 13.6. The van der Waals surface area contributed by atoms with E-state index < -0.39 is 6.04 Å². The number of hydrogen-bond acceptors (Lipinski definition) is 4. The van der Waals surface area contributed by atoms with E-state index in [0.29, 0.717) is 19.6 Å². The number of rotatable bonds is 4. The molecule has 0 bridgehead atoms. The Hall–Kier alpha value is -2.86. The zero-order valence-electron chi connectivity index (χ0n) is 14.6. The molecule has 0 radical (unpaired) electrons. The Balaban J connectivity index is 1.69. The molecule has 2 N–H and O–H groups in total. The highest BCUT2D eigenvalue weighted by atomic mass is 16.3. The minimum Gasteiger partial charge on any atom is -0.456 e. The summed E-state index contributed by atoms with van der Waals surface area (Å²) in [5, 5.41) is 7.61. The van der Waals surface area contributed by atoms with Crippen molar-refractivity contribution in [3.05, 3.63) is 48.0 Å². The summed E-state index contributed by atoms with van der Waals surface area (Å²) in [4.78, 5) is 26.2. The Kier molecular flexibility index (Phi) is 4.34. The van der Waals surface area contributed by atoms with Crippen LogP contribution < -0.4 is 10.6 Å². The van der Waals surface area contributed by atoms with E-state index in [1.165, 1.54) is 0 Å². The van der Waals surface area contributed by atoms with E-state index in [0.717, 1.165) is 27.5 Å². The molecule has 3 aromatic rings. The van der Waals surface area contributed by atoms with E-state index in [1.54, 1.807) is 7.05 Å². The Morgan fingerprint density at radius 2 is 2.04 bits per heavy atom. The fraction of sp³-hybridized carbons (Fsp3) is 0.300. The van der Waals surface area contributed by atoms with Gasteiger partial charge in [0.25, 0.3) is 0 Å². The van der Waals surface area contributed by atoms with Crippen molar-refractivity contribution < 1.29 is 14.0 Å². The van der Waals surface area contributed by atoms with Crippen molar-refractivity contribution in [3.8, 4) is 0 Å². The van der Waals surface area contributed by atoms with Crippen molar-refractivity contribution >= 4 is 33.8 Å². The SMILES string of the molecule is CNC(=O)C[C@H]1C(=O)NCCN1Cc1cccc2c1oc1ccccc12. The number of nitrogens with one attached hydrogen (secondary N) is 2. The third-order valence-corrected chi connectivity index (χ3v) is 4.96. The maximum atomic E-state index is 12.3. The van der Waals surface area contributed by atoms with Crippen LogP contribution in [0.1, 0.15) is 12.0 Å². The number of benzene rings is 2. The molecule has 1 atom stereocenters. The lowest BCUT2D eigenvalue weighted by Gasteiger charge is -2.34. The van der Waals surface area contributed by atoms with Gasteiger partial charge in [0.1, 0.15) is 11.2 Å². The molecule has 0 spiro atoms. The molecule has 6 heteroatoms. The van der Waals surface area contributed by atoms with E-state index >= 15 is 0 Å². The van der Waals surface area contributed by atoms with Crippen molar-refractivity contribution in [2.45, 2.75) is 19.0 Å². The average molecular weight is 351 g/mol. The smallest absolute Gasteiger partial charge is 0.237 e. The lowest BCUT2D eigenvalue weighted by atomic mass is 10.0. The predicted molar refractivity (Wildman–Crippen MR) is 99.6 cm³/mol. The van der Waals surface area contributed by atoms with Crippen LogP contribution in [0, 0.1) is 0 Å². The number of carbonyl (C=O) groups excluding carboxylic acids is 2. The van der Waals surface area contributed by atoms with Crippen LogP contribution in [-0.2, 0) is 16.1 Å². The van der Waals surface area contributed by atoms with Crippen molar-refractivity contribution in [3.63, 3.8) is 0 Å². The van der Waals surface area contributed by atoms with Crippen LogP contribution >= 0.6 is 0 Å². The second-order valence-corrected chi connectivity index (χ2v) is 6.55. The largest absolute Gasteiger partial charge is 0.456 e. The van der Waals surface area contributed by atoms with Crippen LogP contribution in [-0.4, -0.2) is 42.9 Å². The molecular formula is C20H21N3O3. The highest BCUT2D eigenvalue weighted by Gasteiger charge is 2.31. The van der Waals surface area contributed by atoms with Crippen molar-refractivity contribution in [1.29, 1.82) is 0 Å². The molecule has 0 unspecified atom stereocenters. The van der Waals surface area contributed by atoms with E-state index in [-0.39, 0.29) is 18.2 Å². The Bertz CT molecular complexity index is 979. The van der Waals surface area contributed by atoms with E-state index in [4.69, 9.17) is 4.42 Å². The van der Waals surface area contributed by atoms with Gasteiger partial charge in [0.15, 0.2) is 0 Å². The molecular weight excluding hydrogens is 330 g/mol. The number of fused-ring (bicyclic) bond motifs is 3. The Morgan fingerprint density at radius 1 is 1.23 bits per heavy atom. The molecule has 0 saturated carbocycles. The molecule has 1 aliphatic heterocycles. The fourth-order valence-electron chi connectivity index (χ4n) is 3.60. The molecule has 4 rings (SSSR count). The quantitative estimate of drug-likeness (QED) is 0.754. The molecule has 1 aromatic heterocycles. The summed E-state index contributed by atoms with van der Waals surface area (Å²) in [6.45, 7) is 1.84. The Labute approximate surface area is 151 Å². The first-order chi connectivity index (χ1) is 12.7. The van der Waals surface area contributed by atoms with Crippen LogP contribution in [0.4, 0.5) is 0 Å². The third-order valence-electron chi connectivity index (χ3n) is 4.96. The maximum Gasteiger partial charge on any atom is 0.237 e. The van der Waals surface area contributed by atoms with Gasteiger partial charge in [-0.05, 0) is 6.07 Å². The van der Waals surface area contributed by atoms with E-state index in [9.17, 15) is 9.59 Å².